The lowest BCUT2D eigenvalue weighted by Crippen LogP contribution is -2.46. The Bertz CT molecular complexity index is 877. The van der Waals surface area contributed by atoms with Gasteiger partial charge in [-0.15, -0.1) is 0 Å². The number of phenolic OH excluding ortho intramolecular Hbond substituents is 1. The molecule has 1 saturated heterocycles. The molecule has 1 amide bonds. The third-order valence-corrected chi connectivity index (χ3v) is 5.09. The molecule has 2 aromatic carbocycles. The highest BCUT2D eigenvalue weighted by atomic mass is 16.5. The van der Waals surface area contributed by atoms with Gasteiger partial charge in [-0.2, -0.15) is 0 Å². The topological polar surface area (TPSA) is 91.3 Å². The van der Waals surface area contributed by atoms with Gasteiger partial charge in [0, 0.05) is 37.6 Å². The molecule has 0 unspecified atom stereocenters. The van der Waals surface area contributed by atoms with Crippen LogP contribution in [0, 0.1) is 0 Å². The fourth-order valence-electron chi connectivity index (χ4n) is 3.29. The van der Waals surface area contributed by atoms with E-state index in [0.29, 0.717) is 11.4 Å². The van der Waals surface area contributed by atoms with Crippen LogP contribution in [0.5, 0.6) is 11.5 Å². The number of piperazine rings is 1. The number of hydrogen-bond donors (Lipinski definition) is 2. The third-order valence-electron chi connectivity index (χ3n) is 5.09. The number of nitrogens with one attached hydrogen (secondary N) is 1. The molecule has 160 valence electrons. The maximum atomic E-state index is 12.1. The number of rotatable bonds is 7. The second kappa shape index (κ2) is 9.98. The number of carbonyl (C=O) groups is 2. The van der Waals surface area contributed by atoms with Crippen molar-refractivity contribution in [2.75, 3.05) is 56.7 Å². The highest BCUT2D eigenvalue weighted by Crippen LogP contribution is 2.23. The number of carbonyl (C=O) groups excluding carboxylic acids is 2. The standard InChI is InChI=1S/C22H27N3O5/c1-3-24-10-12-25(13-11-24)17-6-4-16(5-7-17)23-21(27)15-30-22(28)19-14-18(29-2)8-9-20(19)26/h4-9,14,26H,3,10-13,15H2,1-2H3,(H,23,27). The molecule has 0 radical (unpaired) electrons. The van der Waals surface area contributed by atoms with Gasteiger partial charge in [0.1, 0.15) is 17.1 Å². The Balaban J connectivity index is 1.50. The minimum absolute atomic E-state index is 0.0605. The third kappa shape index (κ3) is 5.42. The summed E-state index contributed by atoms with van der Waals surface area (Å²) in [5, 5.41) is 12.5. The average molecular weight is 413 g/mol. The van der Waals surface area contributed by atoms with Crippen LogP contribution in [0.3, 0.4) is 0 Å². The van der Waals surface area contributed by atoms with Crippen LogP contribution in [-0.2, 0) is 9.53 Å². The molecule has 0 saturated carbocycles. The molecule has 1 aliphatic rings. The second-order valence-electron chi connectivity index (χ2n) is 6.98. The maximum absolute atomic E-state index is 12.1. The fourth-order valence-corrected chi connectivity index (χ4v) is 3.29. The molecule has 0 atom stereocenters. The molecule has 8 heteroatoms. The van der Waals surface area contributed by atoms with E-state index in [1.54, 1.807) is 0 Å². The van der Waals surface area contributed by atoms with Crippen LogP contribution in [-0.4, -0.2) is 68.3 Å². The van der Waals surface area contributed by atoms with E-state index in [4.69, 9.17) is 9.47 Å². The summed E-state index contributed by atoms with van der Waals surface area (Å²) in [7, 11) is 1.45. The first-order valence-corrected chi connectivity index (χ1v) is 9.91. The molecule has 30 heavy (non-hydrogen) atoms. The Morgan fingerprint density at radius 2 is 1.77 bits per heavy atom. The molecule has 0 spiro atoms. The summed E-state index contributed by atoms with van der Waals surface area (Å²) in [6.07, 6.45) is 0. The number of nitrogens with zero attached hydrogens (tertiary/aromatic N) is 2. The Morgan fingerprint density at radius 1 is 1.07 bits per heavy atom. The Hall–Kier alpha value is -3.26. The van der Waals surface area contributed by atoms with E-state index in [1.165, 1.54) is 25.3 Å². The van der Waals surface area contributed by atoms with E-state index >= 15 is 0 Å². The molecule has 1 heterocycles. The smallest absolute Gasteiger partial charge is 0.342 e. The summed E-state index contributed by atoms with van der Waals surface area (Å²) < 4.78 is 10.0. The van der Waals surface area contributed by atoms with E-state index in [-0.39, 0.29) is 11.3 Å². The molecule has 1 fully saturated rings. The van der Waals surface area contributed by atoms with Crippen molar-refractivity contribution in [1.82, 2.24) is 4.90 Å². The number of ether oxygens (including phenoxy) is 2. The van der Waals surface area contributed by atoms with Crippen LogP contribution in [0.4, 0.5) is 11.4 Å². The van der Waals surface area contributed by atoms with E-state index in [2.05, 4.69) is 22.0 Å². The van der Waals surface area contributed by atoms with Crippen LogP contribution in [0.15, 0.2) is 42.5 Å². The number of amides is 1. The van der Waals surface area contributed by atoms with Gasteiger partial charge in [0.25, 0.3) is 5.91 Å². The highest BCUT2D eigenvalue weighted by molar-refractivity contribution is 5.97. The summed E-state index contributed by atoms with van der Waals surface area (Å²) in [6.45, 7) is 6.83. The fraction of sp³-hybridized carbons (Fsp3) is 0.364. The van der Waals surface area contributed by atoms with Gasteiger partial charge in [-0.05, 0) is 49.0 Å². The number of aromatic hydroxyl groups is 1. The van der Waals surface area contributed by atoms with Crippen LogP contribution in [0.2, 0.25) is 0 Å². The molecule has 3 rings (SSSR count). The zero-order valence-electron chi connectivity index (χ0n) is 17.3. The van der Waals surface area contributed by atoms with Crippen molar-refractivity contribution < 1.29 is 24.2 Å². The van der Waals surface area contributed by atoms with Crippen molar-refractivity contribution in [1.29, 1.82) is 0 Å². The van der Waals surface area contributed by atoms with Gasteiger partial charge in [-0.1, -0.05) is 6.92 Å². The summed E-state index contributed by atoms with van der Waals surface area (Å²) >= 11 is 0. The van der Waals surface area contributed by atoms with Crippen LogP contribution < -0.4 is 15.0 Å². The van der Waals surface area contributed by atoms with Gasteiger partial charge in [0.05, 0.1) is 7.11 Å². The average Bonchev–Trinajstić information content (AvgIpc) is 2.78. The highest BCUT2D eigenvalue weighted by Gasteiger charge is 2.17. The molecule has 1 aliphatic heterocycles. The molecule has 0 bridgehead atoms. The Kier molecular flexibility index (Phi) is 7.13. The summed E-state index contributed by atoms with van der Waals surface area (Å²) in [5.41, 5.74) is 1.68. The second-order valence-corrected chi connectivity index (χ2v) is 6.98. The van der Waals surface area contributed by atoms with Gasteiger partial charge in [-0.3, -0.25) is 4.79 Å². The number of anilines is 2. The van der Waals surface area contributed by atoms with E-state index < -0.39 is 18.5 Å². The Morgan fingerprint density at radius 3 is 2.40 bits per heavy atom. The lowest BCUT2D eigenvalue weighted by molar-refractivity contribution is -0.119. The monoisotopic (exact) mass is 413 g/mol. The number of hydrogen-bond acceptors (Lipinski definition) is 7. The lowest BCUT2D eigenvalue weighted by Gasteiger charge is -2.35. The van der Waals surface area contributed by atoms with Gasteiger partial charge < -0.3 is 29.7 Å². The van der Waals surface area contributed by atoms with Crippen molar-refractivity contribution in [2.45, 2.75) is 6.92 Å². The summed E-state index contributed by atoms with van der Waals surface area (Å²) in [5.74, 6) is -1.10. The molecule has 8 nitrogen and oxygen atoms in total. The summed E-state index contributed by atoms with van der Waals surface area (Å²) in [4.78, 5) is 29.0. The van der Waals surface area contributed by atoms with Gasteiger partial charge in [-0.25, -0.2) is 4.79 Å². The van der Waals surface area contributed by atoms with Gasteiger partial charge >= 0.3 is 5.97 Å². The molecule has 0 aromatic heterocycles. The van der Waals surface area contributed by atoms with E-state index in [9.17, 15) is 14.7 Å². The van der Waals surface area contributed by atoms with Crippen LogP contribution in [0.1, 0.15) is 17.3 Å². The zero-order chi connectivity index (χ0) is 21.5. The molecular formula is C22H27N3O5. The SMILES string of the molecule is CCN1CCN(c2ccc(NC(=O)COC(=O)c3cc(OC)ccc3O)cc2)CC1. The lowest BCUT2D eigenvalue weighted by atomic mass is 10.2. The number of benzene rings is 2. The molecular weight excluding hydrogens is 386 g/mol. The van der Waals surface area contributed by atoms with Crippen LogP contribution >= 0.6 is 0 Å². The van der Waals surface area contributed by atoms with Crippen molar-refractivity contribution in [3.8, 4) is 11.5 Å². The van der Waals surface area contributed by atoms with Crippen molar-refractivity contribution >= 4 is 23.3 Å². The molecule has 2 aromatic rings. The molecule has 0 aliphatic carbocycles. The number of methoxy groups -OCH3 is 1. The van der Waals surface area contributed by atoms with Gasteiger partial charge in [0.15, 0.2) is 6.61 Å². The summed E-state index contributed by atoms with van der Waals surface area (Å²) in [6, 6.07) is 11.8. The number of phenols is 1. The first kappa shape index (κ1) is 21.4. The largest absolute Gasteiger partial charge is 0.507 e. The predicted molar refractivity (Wildman–Crippen MR) is 114 cm³/mol. The minimum Gasteiger partial charge on any atom is -0.507 e. The normalized spacial score (nSPS) is 14.3. The van der Waals surface area contributed by atoms with E-state index in [0.717, 1.165) is 38.4 Å². The first-order chi connectivity index (χ1) is 14.5. The predicted octanol–water partition coefficient (Wildman–Crippen LogP) is 2.34. The van der Waals surface area contributed by atoms with Crippen molar-refractivity contribution in [2.24, 2.45) is 0 Å². The minimum atomic E-state index is -0.803. The van der Waals surface area contributed by atoms with Gasteiger partial charge in [0.2, 0.25) is 0 Å². The van der Waals surface area contributed by atoms with Crippen molar-refractivity contribution in [3.05, 3.63) is 48.0 Å². The number of esters is 1. The number of likely N-dealkylation sites (N-methyl/N-ethyl adjacent to an activating group) is 1. The molecule has 2 N–H and O–H groups in total. The zero-order valence-corrected chi connectivity index (χ0v) is 17.3. The first-order valence-electron chi connectivity index (χ1n) is 9.91. The van der Waals surface area contributed by atoms with Crippen LogP contribution in [0.25, 0.3) is 0 Å². The quantitative estimate of drug-likeness (QED) is 0.673. The maximum Gasteiger partial charge on any atom is 0.342 e. The Labute approximate surface area is 176 Å². The van der Waals surface area contributed by atoms with E-state index in [1.807, 2.05) is 24.3 Å². The van der Waals surface area contributed by atoms with Crippen molar-refractivity contribution in [3.63, 3.8) is 0 Å².